The van der Waals surface area contributed by atoms with Crippen LogP contribution in [0.15, 0.2) is 24.3 Å². The third kappa shape index (κ3) is 5.42. The second-order valence-corrected chi connectivity index (χ2v) is 7.79. The minimum Gasteiger partial charge on any atom is -0.462 e. The van der Waals surface area contributed by atoms with Crippen LogP contribution in [0.25, 0.3) is 0 Å². The molecule has 1 amide bonds. The smallest absolute Gasteiger partial charge is 0.341 e. The Hall–Kier alpha value is -2.67. The maximum atomic E-state index is 12.3. The summed E-state index contributed by atoms with van der Waals surface area (Å²) in [6, 6.07) is 7.10. The van der Waals surface area contributed by atoms with Crippen molar-refractivity contribution >= 4 is 34.2 Å². The molecule has 0 saturated heterocycles. The number of ether oxygens (including phenoxy) is 2. The van der Waals surface area contributed by atoms with Gasteiger partial charge in [0, 0.05) is 4.88 Å². The van der Waals surface area contributed by atoms with Gasteiger partial charge in [0.05, 0.1) is 17.7 Å². The second kappa shape index (κ2) is 9.50. The summed E-state index contributed by atoms with van der Waals surface area (Å²) in [5.74, 6) is -1.37. The monoisotopic (exact) mass is 403 g/mol. The van der Waals surface area contributed by atoms with E-state index in [1.807, 2.05) is 39.8 Å². The summed E-state index contributed by atoms with van der Waals surface area (Å²) >= 11 is 1.31. The summed E-state index contributed by atoms with van der Waals surface area (Å²) in [5, 5.41) is 3.06. The molecule has 0 atom stereocenters. The molecule has 0 radical (unpaired) electrons. The summed E-state index contributed by atoms with van der Waals surface area (Å²) < 4.78 is 10.2. The van der Waals surface area contributed by atoms with Gasteiger partial charge in [-0.2, -0.15) is 0 Å². The van der Waals surface area contributed by atoms with Crippen LogP contribution in [0.1, 0.15) is 63.4 Å². The van der Waals surface area contributed by atoms with Gasteiger partial charge in [-0.3, -0.25) is 4.79 Å². The van der Waals surface area contributed by atoms with E-state index in [0.29, 0.717) is 16.1 Å². The molecule has 0 aliphatic carbocycles. The lowest BCUT2D eigenvalue weighted by atomic mass is 10.1. The molecular weight excluding hydrogens is 378 g/mol. The molecule has 0 bridgehead atoms. The largest absolute Gasteiger partial charge is 0.462 e. The van der Waals surface area contributed by atoms with Crippen molar-refractivity contribution in [3.63, 3.8) is 0 Å². The van der Waals surface area contributed by atoms with Crippen LogP contribution in [0.2, 0.25) is 0 Å². The first-order valence-electron chi connectivity index (χ1n) is 9.08. The van der Waals surface area contributed by atoms with E-state index >= 15 is 0 Å². The molecule has 0 spiro atoms. The van der Waals surface area contributed by atoms with Crippen LogP contribution in [-0.4, -0.2) is 31.1 Å². The lowest BCUT2D eigenvalue weighted by molar-refractivity contribution is -0.119. The number of benzene rings is 1. The normalized spacial score (nSPS) is 10.6. The SMILES string of the molecule is CCOC(=O)c1cc(C(C)C)sc1NC(=O)COC(=O)c1ccc(C)cc1C. The Kier molecular flexibility index (Phi) is 7.34. The Labute approximate surface area is 168 Å². The number of thiophene rings is 1. The number of aryl methyl sites for hydroxylation is 2. The lowest BCUT2D eigenvalue weighted by Gasteiger charge is -2.09. The predicted octanol–water partition coefficient (Wildman–Crippen LogP) is 4.46. The zero-order chi connectivity index (χ0) is 20.8. The van der Waals surface area contributed by atoms with Crippen molar-refractivity contribution < 1.29 is 23.9 Å². The minimum atomic E-state index is -0.563. The van der Waals surface area contributed by atoms with Gasteiger partial charge in [0.1, 0.15) is 5.00 Å². The van der Waals surface area contributed by atoms with E-state index in [1.54, 1.807) is 19.1 Å². The van der Waals surface area contributed by atoms with E-state index in [4.69, 9.17) is 9.47 Å². The molecule has 0 aliphatic rings. The topological polar surface area (TPSA) is 81.7 Å². The van der Waals surface area contributed by atoms with E-state index in [2.05, 4.69) is 5.32 Å². The third-order valence-corrected chi connectivity index (χ3v) is 5.36. The quantitative estimate of drug-likeness (QED) is 0.690. The molecule has 0 unspecified atom stereocenters. The average molecular weight is 404 g/mol. The van der Waals surface area contributed by atoms with Gasteiger partial charge >= 0.3 is 11.9 Å². The molecule has 1 heterocycles. The van der Waals surface area contributed by atoms with Crippen molar-refractivity contribution in [1.29, 1.82) is 0 Å². The number of hydrogen-bond acceptors (Lipinski definition) is 6. The highest BCUT2D eigenvalue weighted by molar-refractivity contribution is 7.16. The van der Waals surface area contributed by atoms with Crippen LogP contribution in [-0.2, 0) is 14.3 Å². The molecule has 2 rings (SSSR count). The lowest BCUT2D eigenvalue weighted by Crippen LogP contribution is -2.22. The first-order valence-corrected chi connectivity index (χ1v) is 9.89. The Bertz CT molecular complexity index is 885. The van der Waals surface area contributed by atoms with Crippen LogP contribution in [0.3, 0.4) is 0 Å². The summed E-state index contributed by atoms with van der Waals surface area (Å²) in [4.78, 5) is 37.6. The van der Waals surface area contributed by atoms with Gasteiger partial charge in [-0.15, -0.1) is 11.3 Å². The summed E-state index contributed by atoms with van der Waals surface area (Å²) in [7, 11) is 0. The van der Waals surface area contributed by atoms with E-state index < -0.39 is 24.5 Å². The van der Waals surface area contributed by atoms with Crippen molar-refractivity contribution in [1.82, 2.24) is 0 Å². The number of amides is 1. The molecule has 6 nitrogen and oxygen atoms in total. The number of carbonyl (C=O) groups excluding carboxylic acids is 3. The molecule has 1 N–H and O–H groups in total. The summed E-state index contributed by atoms with van der Waals surface area (Å²) in [6.45, 7) is 9.27. The standard InChI is InChI=1S/C21H25NO5S/c1-6-26-21(25)16-10-17(12(2)3)28-19(16)22-18(23)11-27-20(24)15-8-7-13(4)9-14(15)5/h7-10,12H,6,11H2,1-5H3,(H,22,23). The van der Waals surface area contributed by atoms with Gasteiger partial charge < -0.3 is 14.8 Å². The van der Waals surface area contributed by atoms with Gasteiger partial charge in [-0.05, 0) is 44.4 Å². The molecule has 28 heavy (non-hydrogen) atoms. The summed E-state index contributed by atoms with van der Waals surface area (Å²) in [5.41, 5.74) is 2.56. The van der Waals surface area contributed by atoms with Gasteiger partial charge in [-0.1, -0.05) is 31.5 Å². The highest BCUT2D eigenvalue weighted by Gasteiger charge is 2.21. The molecule has 0 aliphatic heterocycles. The number of nitrogens with one attached hydrogen (secondary N) is 1. The fraction of sp³-hybridized carbons (Fsp3) is 0.381. The molecule has 0 saturated carbocycles. The Balaban J connectivity index is 2.06. The number of rotatable bonds is 7. The fourth-order valence-electron chi connectivity index (χ4n) is 2.56. The third-order valence-electron chi connectivity index (χ3n) is 4.00. The molecule has 1 aromatic heterocycles. The first-order chi connectivity index (χ1) is 13.2. The molecule has 1 aromatic carbocycles. The van der Waals surface area contributed by atoms with Crippen molar-refractivity contribution in [2.75, 3.05) is 18.5 Å². The Morgan fingerprint density at radius 3 is 2.32 bits per heavy atom. The zero-order valence-corrected chi connectivity index (χ0v) is 17.6. The maximum Gasteiger partial charge on any atom is 0.341 e. The van der Waals surface area contributed by atoms with Gasteiger partial charge in [0.25, 0.3) is 5.91 Å². The van der Waals surface area contributed by atoms with Gasteiger partial charge in [-0.25, -0.2) is 9.59 Å². The molecular formula is C21H25NO5S. The van der Waals surface area contributed by atoms with Crippen molar-refractivity contribution in [3.8, 4) is 0 Å². The average Bonchev–Trinajstić information content (AvgIpc) is 3.04. The van der Waals surface area contributed by atoms with Gasteiger partial charge in [0.15, 0.2) is 6.61 Å². The predicted molar refractivity (Wildman–Crippen MR) is 109 cm³/mol. The fourth-order valence-corrected chi connectivity index (χ4v) is 3.63. The maximum absolute atomic E-state index is 12.3. The van der Waals surface area contributed by atoms with Crippen LogP contribution >= 0.6 is 11.3 Å². The molecule has 0 fully saturated rings. The van der Waals surface area contributed by atoms with Crippen LogP contribution in [0.4, 0.5) is 5.00 Å². The zero-order valence-electron chi connectivity index (χ0n) is 16.8. The minimum absolute atomic E-state index is 0.200. The van der Waals surface area contributed by atoms with Gasteiger partial charge in [0.2, 0.25) is 0 Å². The van der Waals surface area contributed by atoms with Crippen LogP contribution in [0, 0.1) is 13.8 Å². The molecule has 7 heteroatoms. The van der Waals surface area contributed by atoms with E-state index in [1.165, 1.54) is 11.3 Å². The molecule has 150 valence electrons. The highest BCUT2D eigenvalue weighted by atomic mass is 32.1. The number of hydrogen-bond donors (Lipinski definition) is 1. The highest BCUT2D eigenvalue weighted by Crippen LogP contribution is 2.33. The number of carbonyl (C=O) groups is 3. The van der Waals surface area contributed by atoms with E-state index in [9.17, 15) is 14.4 Å². The Morgan fingerprint density at radius 2 is 1.71 bits per heavy atom. The van der Waals surface area contributed by atoms with Crippen molar-refractivity contribution in [2.24, 2.45) is 0 Å². The van der Waals surface area contributed by atoms with E-state index in [0.717, 1.165) is 16.0 Å². The summed E-state index contributed by atoms with van der Waals surface area (Å²) in [6.07, 6.45) is 0. The number of anilines is 1. The molecule has 2 aromatic rings. The second-order valence-electron chi connectivity index (χ2n) is 6.71. The van der Waals surface area contributed by atoms with Crippen LogP contribution in [0.5, 0.6) is 0 Å². The Morgan fingerprint density at radius 1 is 1.04 bits per heavy atom. The first kappa shape index (κ1) is 21.6. The number of esters is 2. The van der Waals surface area contributed by atoms with E-state index in [-0.39, 0.29) is 12.5 Å². The van der Waals surface area contributed by atoms with Crippen LogP contribution < -0.4 is 5.32 Å². The van der Waals surface area contributed by atoms with Crippen molar-refractivity contribution in [2.45, 2.75) is 40.5 Å². The van der Waals surface area contributed by atoms with Crippen molar-refractivity contribution in [3.05, 3.63) is 51.4 Å².